The van der Waals surface area contributed by atoms with Gasteiger partial charge >= 0.3 is 5.97 Å². The van der Waals surface area contributed by atoms with Crippen LogP contribution in [0.3, 0.4) is 0 Å². The van der Waals surface area contributed by atoms with Gasteiger partial charge in [-0.3, -0.25) is 4.79 Å². The van der Waals surface area contributed by atoms with Crippen LogP contribution in [-0.4, -0.2) is 44.2 Å². The van der Waals surface area contributed by atoms with Crippen molar-refractivity contribution in [1.29, 1.82) is 0 Å². The van der Waals surface area contributed by atoms with E-state index < -0.39 is 17.4 Å². The lowest BCUT2D eigenvalue weighted by Gasteiger charge is -2.24. The third kappa shape index (κ3) is 3.98. The number of rotatable bonds is 7. The van der Waals surface area contributed by atoms with Crippen molar-refractivity contribution in [3.63, 3.8) is 0 Å². The molecule has 3 rings (SSSR count). The van der Waals surface area contributed by atoms with Crippen LogP contribution in [0.5, 0.6) is 5.75 Å². The van der Waals surface area contributed by atoms with Gasteiger partial charge in [0.2, 0.25) is 11.7 Å². The fraction of sp³-hybridized carbons (Fsp3) is 0.412. The Morgan fingerprint density at radius 1 is 1.38 bits per heavy atom. The Morgan fingerprint density at radius 2 is 2.15 bits per heavy atom. The average molecular weight is 377 g/mol. The van der Waals surface area contributed by atoms with Crippen LogP contribution in [0.15, 0.2) is 28.8 Å². The van der Waals surface area contributed by atoms with Crippen molar-refractivity contribution in [2.24, 2.45) is 0 Å². The first-order valence-corrected chi connectivity index (χ1v) is 9.36. The van der Waals surface area contributed by atoms with Gasteiger partial charge in [0, 0.05) is 17.7 Å². The molecule has 1 aliphatic rings. The van der Waals surface area contributed by atoms with Crippen LogP contribution in [0.2, 0.25) is 0 Å². The van der Waals surface area contributed by atoms with Crippen LogP contribution in [0.25, 0.3) is 0 Å². The minimum atomic E-state index is -1.19. The zero-order valence-corrected chi connectivity index (χ0v) is 15.0. The molecule has 1 amide bonds. The Kier molecular flexibility index (Phi) is 5.46. The highest BCUT2D eigenvalue weighted by atomic mass is 32.2. The van der Waals surface area contributed by atoms with Gasteiger partial charge in [0.05, 0.1) is 0 Å². The molecule has 2 aromatic rings. The summed E-state index contributed by atoms with van der Waals surface area (Å²) in [7, 11) is 0. The standard InChI is InChI=1S/C17H19N3O5S/c1-2-14-18-13(20-25-14)9-24-12-5-3-11(4-6-12)15(21)19-17(16(22)23)7-8-26-10-17/h3-6H,2,7-10H2,1H3,(H,19,21)(H,22,23). The number of aromatic nitrogens is 2. The van der Waals surface area contributed by atoms with Gasteiger partial charge in [0.25, 0.3) is 5.91 Å². The number of thioether (sulfide) groups is 1. The van der Waals surface area contributed by atoms with E-state index in [0.717, 1.165) is 5.75 Å². The Hall–Kier alpha value is -2.55. The summed E-state index contributed by atoms with van der Waals surface area (Å²) >= 11 is 1.52. The van der Waals surface area contributed by atoms with E-state index in [1.54, 1.807) is 24.3 Å². The number of hydrogen-bond donors (Lipinski definition) is 2. The van der Waals surface area contributed by atoms with Crippen molar-refractivity contribution >= 4 is 23.6 Å². The molecule has 0 bridgehead atoms. The zero-order chi connectivity index (χ0) is 18.6. The number of carboxylic acids is 1. The van der Waals surface area contributed by atoms with Gasteiger partial charge in [0.1, 0.15) is 11.3 Å². The lowest BCUT2D eigenvalue weighted by Crippen LogP contribution is -2.54. The van der Waals surface area contributed by atoms with E-state index in [1.165, 1.54) is 11.8 Å². The van der Waals surface area contributed by atoms with E-state index in [1.807, 2.05) is 6.92 Å². The van der Waals surface area contributed by atoms with Crippen molar-refractivity contribution in [2.75, 3.05) is 11.5 Å². The molecule has 9 heteroatoms. The summed E-state index contributed by atoms with van der Waals surface area (Å²) in [6, 6.07) is 6.48. The molecular formula is C17H19N3O5S. The summed E-state index contributed by atoms with van der Waals surface area (Å²) in [4.78, 5) is 28.0. The van der Waals surface area contributed by atoms with Crippen LogP contribution >= 0.6 is 11.8 Å². The van der Waals surface area contributed by atoms with Crippen LogP contribution < -0.4 is 10.1 Å². The SMILES string of the molecule is CCc1nc(COc2ccc(C(=O)NC3(C(=O)O)CCSC3)cc2)no1. The topological polar surface area (TPSA) is 115 Å². The number of carboxylic acid groups (broad SMARTS) is 1. The molecular weight excluding hydrogens is 358 g/mol. The third-order valence-electron chi connectivity index (χ3n) is 4.08. The Balaban J connectivity index is 1.59. The normalized spacial score (nSPS) is 19.3. The molecule has 1 fully saturated rings. The zero-order valence-electron chi connectivity index (χ0n) is 14.2. The van der Waals surface area contributed by atoms with Gasteiger partial charge in [-0.1, -0.05) is 12.1 Å². The number of nitrogens with one attached hydrogen (secondary N) is 1. The molecule has 1 saturated heterocycles. The van der Waals surface area contributed by atoms with Gasteiger partial charge in [-0.05, 0) is 36.4 Å². The van der Waals surface area contributed by atoms with Gasteiger partial charge in [-0.15, -0.1) is 0 Å². The third-order valence-corrected chi connectivity index (χ3v) is 5.27. The molecule has 1 aromatic carbocycles. The Morgan fingerprint density at radius 3 is 2.73 bits per heavy atom. The summed E-state index contributed by atoms with van der Waals surface area (Å²) in [6.07, 6.45) is 1.08. The van der Waals surface area contributed by atoms with E-state index >= 15 is 0 Å². The smallest absolute Gasteiger partial charge is 0.330 e. The summed E-state index contributed by atoms with van der Waals surface area (Å²) in [6.45, 7) is 2.08. The minimum absolute atomic E-state index is 0.161. The van der Waals surface area contributed by atoms with Crippen molar-refractivity contribution in [2.45, 2.75) is 31.9 Å². The summed E-state index contributed by atoms with van der Waals surface area (Å²) in [5.74, 6) is 1.23. The molecule has 1 aromatic heterocycles. The number of hydrogen-bond acceptors (Lipinski definition) is 7. The van der Waals surface area contributed by atoms with E-state index in [0.29, 0.717) is 41.6 Å². The number of aliphatic carboxylic acids is 1. The Labute approximate surface area is 154 Å². The maximum absolute atomic E-state index is 12.4. The highest BCUT2D eigenvalue weighted by molar-refractivity contribution is 7.99. The molecule has 0 aliphatic carbocycles. The molecule has 26 heavy (non-hydrogen) atoms. The second-order valence-corrected chi connectivity index (χ2v) is 7.02. The average Bonchev–Trinajstić information content (AvgIpc) is 3.30. The summed E-state index contributed by atoms with van der Waals surface area (Å²) < 4.78 is 10.6. The predicted octanol–water partition coefficient (Wildman–Crippen LogP) is 1.90. The fourth-order valence-electron chi connectivity index (χ4n) is 2.52. The number of nitrogens with zero attached hydrogens (tertiary/aromatic N) is 2. The molecule has 1 unspecified atom stereocenters. The maximum Gasteiger partial charge on any atom is 0.330 e. The lowest BCUT2D eigenvalue weighted by atomic mass is 9.98. The van der Waals surface area contributed by atoms with Crippen molar-refractivity contribution in [1.82, 2.24) is 15.5 Å². The molecule has 0 saturated carbocycles. The number of amides is 1. The minimum Gasteiger partial charge on any atom is -0.485 e. The fourth-order valence-corrected chi connectivity index (χ4v) is 3.84. The number of ether oxygens (including phenoxy) is 1. The highest BCUT2D eigenvalue weighted by Crippen LogP contribution is 2.28. The Bertz CT molecular complexity index is 784. The van der Waals surface area contributed by atoms with Gasteiger partial charge in [-0.25, -0.2) is 4.79 Å². The molecule has 2 N–H and O–H groups in total. The quantitative estimate of drug-likeness (QED) is 0.752. The number of aryl methyl sites for hydroxylation is 1. The summed E-state index contributed by atoms with van der Waals surface area (Å²) in [5, 5.41) is 15.9. The number of carbonyl (C=O) groups is 2. The van der Waals surface area contributed by atoms with Gasteiger partial charge < -0.3 is 19.7 Å². The van der Waals surface area contributed by atoms with E-state index in [4.69, 9.17) is 9.26 Å². The van der Waals surface area contributed by atoms with E-state index in [9.17, 15) is 14.7 Å². The van der Waals surface area contributed by atoms with Crippen LogP contribution in [0, 0.1) is 0 Å². The molecule has 0 radical (unpaired) electrons. The lowest BCUT2D eigenvalue weighted by molar-refractivity contribution is -0.143. The van der Waals surface area contributed by atoms with E-state index in [-0.39, 0.29) is 6.61 Å². The number of carbonyl (C=O) groups excluding carboxylic acids is 1. The maximum atomic E-state index is 12.4. The van der Waals surface area contributed by atoms with E-state index in [2.05, 4.69) is 15.5 Å². The molecule has 138 valence electrons. The van der Waals surface area contributed by atoms with Crippen LogP contribution in [0.4, 0.5) is 0 Å². The molecule has 2 heterocycles. The molecule has 0 spiro atoms. The molecule has 8 nitrogen and oxygen atoms in total. The largest absolute Gasteiger partial charge is 0.485 e. The second-order valence-electron chi connectivity index (χ2n) is 5.91. The monoisotopic (exact) mass is 377 g/mol. The van der Waals surface area contributed by atoms with Crippen LogP contribution in [-0.2, 0) is 17.8 Å². The van der Waals surface area contributed by atoms with Crippen molar-refractivity contribution in [3.05, 3.63) is 41.5 Å². The molecule has 1 atom stereocenters. The number of benzene rings is 1. The summed E-state index contributed by atoms with van der Waals surface area (Å²) in [5.41, 5.74) is -0.810. The molecule has 1 aliphatic heterocycles. The first-order chi connectivity index (χ1) is 12.5. The van der Waals surface area contributed by atoms with Crippen molar-refractivity contribution < 1.29 is 24.0 Å². The van der Waals surface area contributed by atoms with Crippen LogP contribution in [0.1, 0.15) is 35.4 Å². The van der Waals surface area contributed by atoms with Crippen molar-refractivity contribution in [3.8, 4) is 5.75 Å². The van der Waals surface area contributed by atoms with Gasteiger partial charge in [-0.2, -0.15) is 16.7 Å². The highest BCUT2D eigenvalue weighted by Gasteiger charge is 2.43. The first kappa shape index (κ1) is 18.2. The first-order valence-electron chi connectivity index (χ1n) is 8.20. The second kappa shape index (κ2) is 7.77. The predicted molar refractivity (Wildman–Crippen MR) is 94.2 cm³/mol. The van der Waals surface area contributed by atoms with Gasteiger partial charge in [0.15, 0.2) is 6.61 Å².